The second kappa shape index (κ2) is 5.37. The summed E-state index contributed by atoms with van der Waals surface area (Å²) >= 11 is 3.34. The van der Waals surface area contributed by atoms with Gasteiger partial charge in [-0.1, -0.05) is 30.3 Å². The molecule has 0 bridgehead atoms. The van der Waals surface area contributed by atoms with Gasteiger partial charge in [-0.25, -0.2) is 0 Å². The van der Waals surface area contributed by atoms with Crippen molar-refractivity contribution in [3.05, 3.63) is 64.4 Å². The number of carbonyl (C=O) groups is 1. The minimum atomic E-state index is -0.208. The average Bonchev–Trinajstić information content (AvgIpc) is 2.43. The van der Waals surface area contributed by atoms with Gasteiger partial charge >= 0.3 is 0 Å². The Kier molecular flexibility index (Phi) is 3.57. The lowest BCUT2D eigenvalue weighted by Crippen LogP contribution is -2.50. The maximum absolute atomic E-state index is 12.4. The van der Waals surface area contributed by atoms with Gasteiger partial charge in [-0.15, -0.1) is 0 Å². The maximum atomic E-state index is 12.4. The second-order valence-corrected chi connectivity index (χ2v) is 6.06. The van der Waals surface area contributed by atoms with E-state index in [1.165, 1.54) is 5.56 Å². The molecule has 1 amide bonds. The predicted octanol–water partition coefficient (Wildman–Crippen LogP) is 3.65. The number of nitrogens with one attached hydrogen (secondary N) is 1. The van der Waals surface area contributed by atoms with Crippen LogP contribution in [0.4, 0.5) is 0 Å². The third-order valence-electron chi connectivity index (χ3n) is 3.85. The third-order valence-corrected chi connectivity index (χ3v) is 4.29. The Morgan fingerprint density at radius 2 is 1.95 bits per heavy atom. The van der Waals surface area contributed by atoms with Crippen LogP contribution in [0.3, 0.4) is 0 Å². The summed E-state index contributed by atoms with van der Waals surface area (Å²) < 4.78 is 0.813. The summed E-state index contributed by atoms with van der Waals surface area (Å²) in [6.45, 7) is 0. The van der Waals surface area contributed by atoms with Gasteiger partial charge in [-0.3, -0.25) is 9.78 Å². The number of amides is 1. The Labute approximate surface area is 126 Å². The molecule has 1 N–H and O–H groups in total. The van der Waals surface area contributed by atoms with E-state index in [4.69, 9.17) is 0 Å². The third kappa shape index (κ3) is 2.48. The minimum Gasteiger partial charge on any atom is -0.342 e. The molecular formula is C16H15BrN2O. The predicted molar refractivity (Wildman–Crippen MR) is 81.4 cm³/mol. The van der Waals surface area contributed by atoms with Crippen LogP contribution in [0.25, 0.3) is 0 Å². The first kappa shape index (κ1) is 13.3. The molecule has 1 aromatic carbocycles. The molecule has 1 aromatic heterocycles. The van der Waals surface area contributed by atoms with Gasteiger partial charge < -0.3 is 5.32 Å². The van der Waals surface area contributed by atoms with E-state index in [9.17, 15) is 4.79 Å². The lowest BCUT2D eigenvalue weighted by Gasteiger charge is -2.43. The van der Waals surface area contributed by atoms with Gasteiger partial charge in [0.15, 0.2) is 0 Å². The van der Waals surface area contributed by atoms with Crippen molar-refractivity contribution in [1.82, 2.24) is 10.3 Å². The summed E-state index contributed by atoms with van der Waals surface area (Å²) in [7, 11) is 0. The number of benzene rings is 1. The standard InChI is InChI=1S/C16H15BrN2O/c17-14-9-12(10-18-11-14)15(20)19-16(7-4-8-16)13-5-2-1-3-6-13/h1-3,5-6,9-11H,4,7-8H2,(H,19,20). The first-order chi connectivity index (χ1) is 9.70. The van der Waals surface area contributed by atoms with Crippen LogP contribution >= 0.6 is 15.9 Å². The fourth-order valence-electron chi connectivity index (χ4n) is 2.60. The molecule has 1 fully saturated rings. The Balaban J connectivity index is 1.84. The molecule has 1 aliphatic rings. The summed E-state index contributed by atoms with van der Waals surface area (Å²) in [6.07, 6.45) is 6.39. The number of rotatable bonds is 3. The van der Waals surface area contributed by atoms with Crippen molar-refractivity contribution in [2.45, 2.75) is 24.8 Å². The highest BCUT2D eigenvalue weighted by Crippen LogP contribution is 2.41. The van der Waals surface area contributed by atoms with Crippen LogP contribution in [0, 0.1) is 0 Å². The molecule has 0 radical (unpaired) electrons. The summed E-state index contributed by atoms with van der Waals surface area (Å²) in [5, 5.41) is 3.19. The molecule has 0 atom stereocenters. The van der Waals surface area contributed by atoms with E-state index in [0.29, 0.717) is 5.56 Å². The number of pyridine rings is 1. The SMILES string of the molecule is O=C(NC1(c2ccccc2)CCC1)c1cncc(Br)c1. The van der Waals surface area contributed by atoms with Gasteiger partial charge in [0.25, 0.3) is 5.91 Å². The quantitative estimate of drug-likeness (QED) is 0.933. The molecule has 20 heavy (non-hydrogen) atoms. The summed E-state index contributed by atoms with van der Waals surface area (Å²) in [4.78, 5) is 16.5. The monoisotopic (exact) mass is 330 g/mol. The van der Waals surface area contributed by atoms with Crippen molar-refractivity contribution < 1.29 is 4.79 Å². The first-order valence-corrected chi connectivity index (χ1v) is 7.47. The molecule has 1 saturated carbocycles. The number of hydrogen-bond donors (Lipinski definition) is 1. The maximum Gasteiger partial charge on any atom is 0.253 e. The van der Waals surface area contributed by atoms with Gasteiger partial charge in [-0.2, -0.15) is 0 Å². The van der Waals surface area contributed by atoms with Gasteiger partial charge in [0.05, 0.1) is 11.1 Å². The van der Waals surface area contributed by atoms with E-state index in [-0.39, 0.29) is 11.4 Å². The largest absolute Gasteiger partial charge is 0.342 e. The minimum absolute atomic E-state index is 0.0673. The smallest absolute Gasteiger partial charge is 0.253 e. The zero-order valence-electron chi connectivity index (χ0n) is 11.0. The van der Waals surface area contributed by atoms with E-state index in [0.717, 1.165) is 23.7 Å². The number of aromatic nitrogens is 1. The van der Waals surface area contributed by atoms with E-state index in [1.807, 2.05) is 18.2 Å². The molecule has 0 saturated heterocycles. The van der Waals surface area contributed by atoms with Crippen molar-refractivity contribution in [1.29, 1.82) is 0 Å². The number of hydrogen-bond acceptors (Lipinski definition) is 2. The highest BCUT2D eigenvalue weighted by atomic mass is 79.9. The highest BCUT2D eigenvalue weighted by molar-refractivity contribution is 9.10. The molecule has 0 aliphatic heterocycles. The fraction of sp³-hybridized carbons (Fsp3) is 0.250. The van der Waals surface area contributed by atoms with Gasteiger partial charge in [0.1, 0.15) is 0 Å². The van der Waals surface area contributed by atoms with E-state index >= 15 is 0 Å². The summed E-state index contributed by atoms with van der Waals surface area (Å²) in [5.41, 5.74) is 1.56. The zero-order valence-corrected chi connectivity index (χ0v) is 12.6. The molecule has 4 heteroatoms. The van der Waals surface area contributed by atoms with Crippen molar-refractivity contribution in [3.63, 3.8) is 0 Å². The molecular weight excluding hydrogens is 316 g/mol. The number of nitrogens with zero attached hydrogens (tertiary/aromatic N) is 1. The van der Waals surface area contributed by atoms with Gasteiger partial charge in [-0.05, 0) is 46.8 Å². The Bertz CT molecular complexity index is 623. The average molecular weight is 331 g/mol. The van der Waals surface area contributed by atoms with E-state index < -0.39 is 0 Å². The van der Waals surface area contributed by atoms with E-state index in [1.54, 1.807) is 18.5 Å². The van der Waals surface area contributed by atoms with Crippen molar-refractivity contribution >= 4 is 21.8 Å². The fourth-order valence-corrected chi connectivity index (χ4v) is 2.96. The van der Waals surface area contributed by atoms with Crippen molar-refractivity contribution in [2.75, 3.05) is 0 Å². The molecule has 2 aromatic rings. The zero-order chi connectivity index (χ0) is 14.0. The van der Waals surface area contributed by atoms with Crippen LogP contribution in [-0.2, 0) is 5.54 Å². The van der Waals surface area contributed by atoms with Gasteiger partial charge in [0, 0.05) is 16.9 Å². The molecule has 102 valence electrons. The van der Waals surface area contributed by atoms with Crippen molar-refractivity contribution in [2.24, 2.45) is 0 Å². The topological polar surface area (TPSA) is 42.0 Å². The first-order valence-electron chi connectivity index (χ1n) is 6.68. The van der Waals surface area contributed by atoms with Crippen LogP contribution in [0.5, 0.6) is 0 Å². The Morgan fingerprint density at radius 1 is 1.20 bits per heavy atom. The molecule has 0 unspecified atom stereocenters. The van der Waals surface area contributed by atoms with Gasteiger partial charge in [0.2, 0.25) is 0 Å². The summed E-state index contributed by atoms with van der Waals surface area (Å²) in [6, 6.07) is 12.0. The molecule has 1 heterocycles. The molecule has 3 nitrogen and oxygen atoms in total. The Hall–Kier alpha value is -1.68. The van der Waals surface area contributed by atoms with Crippen LogP contribution in [0.1, 0.15) is 35.2 Å². The van der Waals surface area contributed by atoms with Crippen LogP contribution < -0.4 is 5.32 Å². The van der Waals surface area contributed by atoms with Crippen molar-refractivity contribution in [3.8, 4) is 0 Å². The van der Waals surface area contributed by atoms with Crippen LogP contribution in [0.2, 0.25) is 0 Å². The molecule has 0 spiro atoms. The number of halogens is 1. The van der Waals surface area contributed by atoms with Crippen LogP contribution in [-0.4, -0.2) is 10.9 Å². The lowest BCUT2D eigenvalue weighted by molar-refractivity contribution is 0.0823. The second-order valence-electron chi connectivity index (χ2n) is 5.15. The lowest BCUT2D eigenvalue weighted by atomic mass is 9.71. The number of carbonyl (C=O) groups excluding carboxylic acids is 1. The summed E-state index contributed by atoms with van der Waals surface area (Å²) in [5.74, 6) is -0.0673. The normalized spacial score (nSPS) is 16.2. The molecule has 1 aliphatic carbocycles. The highest BCUT2D eigenvalue weighted by Gasteiger charge is 2.40. The Morgan fingerprint density at radius 3 is 2.55 bits per heavy atom. The van der Waals surface area contributed by atoms with Crippen LogP contribution in [0.15, 0.2) is 53.3 Å². The molecule has 3 rings (SSSR count). The van der Waals surface area contributed by atoms with E-state index in [2.05, 4.69) is 38.4 Å².